The Balaban J connectivity index is 1.30. The summed E-state index contributed by atoms with van der Waals surface area (Å²) in [5, 5.41) is 14.2. The second kappa shape index (κ2) is 12.7. The van der Waals surface area contributed by atoms with Crippen LogP contribution in [0, 0.1) is 30.6 Å². The molecule has 4 amide bonds. The Morgan fingerprint density at radius 1 is 1.00 bits per heavy atom. The van der Waals surface area contributed by atoms with Crippen LogP contribution in [0.15, 0.2) is 83.9 Å². The molecule has 8 rings (SSSR count). The number of carbonyl (C=O) groups excluding carboxylic acids is 4. The third-order valence-corrected chi connectivity index (χ3v) is 12.5. The molecule has 272 valence electrons. The maximum absolute atomic E-state index is 15.2. The number of allylic oxidation sites excluding steroid dienone is 2. The number of thiophene rings is 1. The molecule has 4 aromatic rings. The number of alkyl halides is 3. The molecule has 4 aliphatic rings. The highest BCUT2D eigenvalue weighted by atomic mass is 35.5. The van der Waals surface area contributed by atoms with Crippen molar-refractivity contribution in [1.29, 1.82) is 0 Å². The van der Waals surface area contributed by atoms with Crippen LogP contribution in [0.25, 0.3) is 0 Å². The van der Waals surface area contributed by atoms with Crippen molar-refractivity contribution in [2.75, 3.05) is 5.43 Å². The monoisotopic (exact) mass is 780 g/mol. The molecule has 6 unspecified atom stereocenters. The SMILES string of the molecule is Cc1cccc(C2C3=CCC4C(=O)N(Cc5cccs5)C(=O)C4C3CC3C(=O)N(Nc4ncc(C(F)(F)F)cc4Cl)C(=O)C32c2ccc(Cl)cc2)c1O. The summed E-state index contributed by atoms with van der Waals surface area (Å²) in [5.41, 5.74) is 1.59. The lowest BCUT2D eigenvalue weighted by Gasteiger charge is -2.50. The summed E-state index contributed by atoms with van der Waals surface area (Å²) < 4.78 is 40.3. The van der Waals surface area contributed by atoms with Crippen LogP contribution in [-0.4, -0.2) is 43.6 Å². The summed E-state index contributed by atoms with van der Waals surface area (Å²) in [4.78, 5) is 64.1. The van der Waals surface area contributed by atoms with Crippen LogP contribution in [0.2, 0.25) is 10.0 Å². The fourth-order valence-corrected chi connectivity index (χ4v) is 9.85. The second-order valence-electron chi connectivity index (χ2n) is 13.8. The first-order valence-electron chi connectivity index (χ1n) is 16.7. The number of nitrogens with one attached hydrogen (secondary N) is 1. The number of rotatable bonds is 6. The van der Waals surface area contributed by atoms with E-state index in [4.69, 9.17) is 23.2 Å². The standard InChI is InChI=1S/C38H29Cl2F3N4O5S/c1-18-4-2-6-25(31(18)48)30-23-11-12-24-29(35(51)46(33(24)49)17-22-5-3-13-53-22)26(23)15-27-34(50)47(36(52)37(27,30)19-7-9-21(39)10-8-19)45-32-28(40)14-20(16-44-32)38(41,42)43/h2-11,13-14,16,24,26-27,29-30,48H,12,15,17H2,1H3,(H,44,45). The van der Waals surface area contributed by atoms with Crippen LogP contribution in [0.1, 0.15) is 45.9 Å². The highest BCUT2D eigenvalue weighted by Crippen LogP contribution is 2.65. The Labute approximate surface area is 315 Å². The number of hydrogen-bond acceptors (Lipinski definition) is 8. The quantitative estimate of drug-likeness (QED) is 0.152. The zero-order valence-corrected chi connectivity index (χ0v) is 30.1. The molecule has 2 aromatic carbocycles. The number of phenols is 1. The Morgan fingerprint density at radius 2 is 1.75 bits per heavy atom. The first-order chi connectivity index (χ1) is 25.2. The van der Waals surface area contributed by atoms with E-state index in [2.05, 4.69) is 10.4 Å². The smallest absolute Gasteiger partial charge is 0.417 e. The van der Waals surface area contributed by atoms with Crippen LogP contribution >= 0.6 is 34.5 Å². The summed E-state index contributed by atoms with van der Waals surface area (Å²) in [6.45, 7) is 1.81. The molecule has 15 heteroatoms. The van der Waals surface area contributed by atoms with Gasteiger partial charge in [-0.3, -0.25) is 29.5 Å². The fraction of sp³-hybridized carbons (Fsp3) is 0.289. The van der Waals surface area contributed by atoms with Gasteiger partial charge >= 0.3 is 6.18 Å². The molecule has 2 aromatic heterocycles. The normalized spacial score (nSPS) is 26.8. The van der Waals surface area contributed by atoms with Gasteiger partial charge in [-0.25, -0.2) is 4.98 Å². The number of benzene rings is 2. The van der Waals surface area contributed by atoms with Crippen molar-refractivity contribution >= 4 is 64.0 Å². The minimum Gasteiger partial charge on any atom is -0.507 e. The van der Waals surface area contributed by atoms with Gasteiger partial charge in [-0.15, -0.1) is 11.3 Å². The number of fused-ring (bicyclic) bond motifs is 4. The largest absolute Gasteiger partial charge is 0.507 e. The summed E-state index contributed by atoms with van der Waals surface area (Å²) in [6, 6.07) is 15.8. The van der Waals surface area contributed by atoms with Crippen LogP contribution in [0.3, 0.4) is 0 Å². The molecule has 6 atom stereocenters. The molecule has 2 N–H and O–H groups in total. The van der Waals surface area contributed by atoms with Gasteiger partial charge in [0.05, 0.1) is 40.3 Å². The predicted octanol–water partition coefficient (Wildman–Crippen LogP) is 7.67. The average molecular weight is 782 g/mol. The van der Waals surface area contributed by atoms with Crippen molar-refractivity contribution in [2.24, 2.45) is 23.7 Å². The average Bonchev–Trinajstić information content (AvgIpc) is 3.78. The number of hydrazine groups is 1. The van der Waals surface area contributed by atoms with Crippen molar-refractivity contribution in [2.45, 2.75) is 43.8 Å². The fourth-order valence-electron chi connectivity index (χ4n) is 8.82. The van der Waals surface area contributed by atoms with Crippen molar-refractivity contribution in [3.63, 3.8) is 0 Å². The number of likely N-dealkylation sites (tertiary alicyclic amines) is 1. The molecule has 2 aliphatic heterocycles. The Bertz CT molecular complexity index is 2230. The second-order valence-corrected chi connectivity index (χ2v) is 15.6. The first-order valence-corrected chi connectivity index (χ1v) is 18.4. The van der Waals surface area contributed by atoms with Crippen molar-refractivity contribution in [3.05, 3.63) is 121 Å². The molecular formula is C38H29Cl2F3N4O5S. The molecule has 1 saturated carbocycles. The van der Waals surface area contributed by atoms with Crippen molar-refractivity contribution in [3.8, 4) is 5.75 Å². The van der Waals surface area contributed by atoms with E-state index in [1.807, 2.05) is 23.6 Å². The van der Waals surface area contributed by atoms with E-state index in [1.54, 1.807) is 49.4 Å². The topological polar surface area (TPSA) is 120 Å². The number of anilines is 1. The summed E-state index contributed by atoms with van der Waals surface area (Å²) in [7, 11) is 0. The maximum Gasteiger partial charge on any atom is 0.417 e. The number of aromatic nitrogens is 1. The number of amides is 4. The van der Waals surface area contributed by atoms with Gasteiger partial charge in [0.25, 0.3) is 11.8 Å². The Hall–Kier alpha value is -4.72. The Morgan fingerprint density at radius 3 is 2.43 bits per heavy atom. The molecule has 0 bridgehead atoms. The molecule has 2 aliphatic carbocycles. The van der Waals surface area contributed by atoms with E-state index in [0.717, 1.165) is 9.89 Å². The third-order valence-electron chi connectivity index (χ3n) is 11.1. The van der Waals surface area contributed by atoms with Gasteiger partial charge in [-0.05, 0) is 66.5 Å². The number of hydrogen-bond donors (Lipinski definition) is 2. The molecule has 0 spiro atoms. The molecule has 2 saturated heterocycles. The van der Waals surface area contributed by atoms with E-state index < -0.39 is 63.6 Å². The van der Waals surface area contributed by atoms with Crippen LogP contribution in [0.4, 0.5) is 19.0 Å². The van der Waals surface area contributed by atoms with Crippen LogP contribution in [0.5, 0.6) is 5.75 Å². The molecular weight excluding hydrogens is 752 g/mol. The van der Waals surface area contributed by atoms with Gasteiger partial charge in [0.1, 0.15) is 5.75 Å². The first kappa shape index (κ1) is 35.3. The van der Waals surface area contributed by atoms with E-state index >= 15 is 4.79 Å². The molecule has 9 nitrogen and oxygen atoms in total. The number of para-hydroxylation sites is 1. The molecule has 0 radical (unpaired) electrons. The number of phenolic OH excluding ortho intramolecular Hbond substituents is 1. The number of imide groups is 2. The molecule has 4 heterocycles. The number of aromatic hydroxyl groups is 1. The van der Waals surface area contributed by atoms with Crippen molar-refractivity contribution < 1.29 is 37.5 Å². The number of pyridine rings is 1. The van der Waals surface area contributed by atoms with Crippen LogP contribution in [-0.2, 0) is 37.3 Å². The van der Waals surface area contributed by atoms with Crippen molar-refractivity contribution in [1.82, 2.24) is 14.9 Å². The van der Waals surface area contributed by atoms with Gasteiger partial charge in [0.15, 0.2) is 5.82 Å². The van der Waals surface area contributed by atoms with E-state index in [0.29, 0.717) is 39.5 Å². The zero-order chi connectivity index (χ0) is 37.6. The third kappa shape index (κ3) is 5.38. The van der Waals surface area contributed by atoms with E-state index in [9.17, 15) is 32.7 Å². The van der Waals surface area contributed by atoms with E-state index in [1.165, 1.54) is 16.2 Å². The van der Waals surface area contributed by atoms with Crippen LogP contribution < -0.4 is 5.43 Å². The number of nitrogens with zero attached hydrogens (tertiary/aromatic N) is 3. The number of carbonyl (C=O) groups is 4. The van der Waals surface area contributed by atoms with E-state index in [-0.39, 0.29) is 42.8 Å². The minimum atomic E-state index is -4.74. The van der Waals surface area contributed by atoms with Gasteiger partial charge in [0.2, 0.25) is 11.8 Å². The summed E-state index contributed by atoms with van der Waals surface area (Å²) >= 11 is 14.0. The zero-order valence-electron chi connectivity index (χ0n) is 27.7. The lowest BCUT2D eigenvalue weighted by Crippen LogP contribution is -2.53. The highest BCUT2D eigenvalue weighted by Gasteiger charge is 2.70. The number of aryl methyl sites for hydroxylation is 1. The van der Waals surface area contributed by atoms with Gasteiger partial charge < -0.3 is 5.11 Å². The molecule has 3 fully saturated rings. The lowest BCUT2D eigenvalue weighted by atomic mass is 9.49. The van der Waals surface area contributed by atoms with Gasteiger partial charge in [0, 0.05) is 27.6 Å². The Kier molecular flexibility index (Phi) is 8.47. The molecule has 53 heavy (non-hydrogen) atoms. The summed E-state index contributed by atoms with van der Waals surface area (Å²) in [5.74, 6) is -7.09. The maximum atomic E-state index is 15.2. The lowest BCUT2D eigenvalue weighted by molar-refractivity contribution is -0.142. The minimum absolute atomic E-state index is 0.0263. The number of halogens is 5. The predicted molar refractivity (Wildman–Crippen MR) is 190 cm³/mol. The highest BCUT2D eigenvalue weighted by molar-refractivity contribution is 7.09. The van der Waals surface area contributed by atoms with Gasteiger partial charge in [-0.2, -0.15) is 18.2 Å². The summed E-state index contributed by atoms with van der Waals surface area (Å²) in [6.07, 6.45) is -2.17. The van der Waals surface area contributed by atoms with Gasteiger partial charge in [-0.1, -0.05) is 71.2 Å².